The molecule has 1 aromatic carbocycles. The van der Waals surface area contributed by atoms with E-state index in [2.05, 4.69) is 6.08 Å². The van der Waals surface area contributed by atoms with E-state index in [4.69, 9.17) is 5.73 Å². The number of benzene rings is 1. The van der Waals surface area contributed by atoms with Crippen molar-refractivity contribution in [3.8, 4) is 0 Å². The van der Waals surface area contributed by atoms with E-state index in [0.717, 1.165) is 18.4 Å². The van der Waals surface area contributed by atoms with Crippen LogP contribution in [0, 0.1) is 0 Å². The van der Waals surface area contributed by atoms with Gasteiger partial charge in [-0.1, -0.05) is 42.0 Å². The molecule has 0 spiro atoms. The highest BCUT2D eigenvalue weighted by molar-refractivity contribution is 5.87. The van der Waals surface area contributed by atoms with E-state index in [1.54, 1.807) is 6.92 Å². The zero-order valence-electron chi connectivity index (χ0n) is 11.0. The van der Waals surface area contributed by atoms with Gasteiger partial charge in [0.05, 0.1) is 0 Å². The first-order valence-corrected chi connectivity index (χ1v) is 6.66. The molecule has 0 aliphatic heterocycles. The lowest BCUT2D eigenvalue weighted by Gasteiger charge is -2.29. The van der Waals surface area contributed by atoms with Crippen LogP contribution in [0.4, 0.5) is 0 Å². The minimum Gasteiger partial charge on any atom is -0.315 e. The Hall–Kier alpha value is -1.41. The molecule has 96 valence electrons. The van der Waals surface area contributed by atoms with Crippen molar-refractivity contribution < 1.29 is 4.79 Å². The Morgan fingerprint density at radius 2 is 2.00 bits per heavy atom. The summed E-state index contributed by atoms with van der Waals surface area (Å²) in [4.78, 5) is 12.0. The summed E-state index contributed by atoms with van der Waals surface area (Å²) in [7, 11) is 0. The van der Waals surface area contributed by atoms with Gasteiger partial charge in [-0.3, -0.25) is 4.79 Å². The monoisotopic (exact) mass is 243 g/mol. The Labute approximate surface area is 109 Å². The largest absolute Gasteiger partial charge is 0.315 e. The number of nitrogens with two attached hydrogens (primary N) is 1. The van der Waals surface area contributed by atoms with E-state index in [1.165, 1.54) is 18.4 Å². The smallest absolute Gasteiger partial charge is 0.154 e. The molecule has 0 saturated heterocycles. The maximum atomic E-state index is 12.0. The Morgan fingerprint density at radius 3 is 2.56 bits per heavy atom. The predicted molar refractivity (Wildman–Crippen MR) is 74.2 cm³/mol. The summed E-state index contributed by atoms with van der Waals surface area (Å²) in [5.41, 5.74) is 7.80. The first kappa shape index (κ1) is 13.0. The van der Waals surface area contributed by atoms with Crippen LogP contribution in [0.5, 0.6) is 0 Å². The molecule has 1 aliphatic rings. The molecular weight excluding hydrogens is 222 g/mol. The van der Waals surface area contributed by atoms with E-state index in [9.17, 15) is 4.79 Å². The molecule has 0 amide bonds. The van der Waals surface area contributed by atoms with Gasteiger partial charge >= 0.3 is 0 Å². The summed E-state index contributed by atoms with van der Waals surface area (Å²) >= 11 is 0. The van der Waals surface area contributed by atoms with Crippen molar-refractivity contribution in [2.45, 2.75) is 44.6 Å². The average Bonchev–Trinajstić information content (AvgIpc) is 2.40. The molecule has 0 aromatic heterocycles. The highest BCUT2D eigenvalue weighted by atomic mass is 16.1. The molecular formula is C16H21NO. The molecule has 1 aliphatic carbocycles. The minimum atomic E-state index is -0.857. The van der Waals surface area contributed by atoms with Crippen molar-refractivity contribution in [2.75, 3.05) is 0 Å². The summed E-state index contributed by atoms with van der Waals surface area (Å²) in [6.45, 7) is 1.59. The quantitative estimate of drug-likeness (QED) is 0.824. The van der Waals surface area contributed by atoms with Crippen molar-refractivity contribution >= 4 is 5.78 Å². The third-order valence-electron chi connectivity index (χ3n) is 3.81. The zero-order valence-corrected chi connectivity index (χ0v) is 11.0. The van der Waals surface area contributed by atoms with Gasteiger partial charge in [0.15, 0.2) is 5.78 Å². The van der Waals surface area contributed by atoms with Crippen LogP contribution in [0.15, 0.2) is 42.0 Å². The Balaban J connectivity index is 2.27. The molecule has 2 nitrogen and oxygen atoms in total. The van der Waals surface area contributed by atoms with Gasteiger partial charge in [0.25, 0.3) is 0 Å². The maximum Gasteiger partial charge on any atom is 0.154 e. The highest BCUT2D eigenvalue weighted by Gasteiger charge is 2.33. The summed E-state index contributed by atoms with van der Waals surface area (Å²) in [6.07, 6.45) is 7.60. The van der Waals surface area contributed by atoms with Crippen molar-refractivity contribution in [3.05, 3.63) is 47.5 Å². The van der Waals surface area contributed by atoms with Gasteiger partial charge in [0.2, 0.25) is 0 Å². The summed E-state index contributed by atoms with van der Waals surface area (Å²) in [5, 5.41) is 0. The Kier molecular flexibility index (Phi) is 3.97. The molecule has 1 unspecified atom stereocenters. The van der Waals surface area contributed by atoms with E-state index >= 15 is 0 Å². The number of ketones is 1. The number of Topliss-reactive ketones (excluding diaryl/α,β-unsaturated/α-hetero) is 1. The molecule has 0 fully saturated rings. The fourth-order valence-electron chi connectivity index (χ4n) is 2.59. The molecule has 1 atom stereocenters. The topological polar surface area (TPSA) is 43.1 Å². The van der Waals surface area contributed by atoms with Gasteiger partial charge in [-0.2, -0.15) is 0 Å². The van der Waals surface area contributed by atoms with Crippen LogP contribution in [-0.4, -0.2) is 5.78 Å². The molecule has 0 radical (unpaired) electrons. The van der Waals surface area contributed by atoms with Crippen LogP contribution in [0.1, 0.15) is 44.6 Å². The van der Waals surface area contributed by atoms with E-state index in [1.807, 2.05) is 30.3 Å². The van der Waals surface area contributed by atoms with Crippen LogP contribution in [0.3, 0.4) is 0 Å². The highest BCUT2D eigenvalue weighted by Crippen LogP contribution is 2.31. The third kappa shape index (κ3) is 2.70. The number of carbonyl (C=O) groups excluding carboxylic acids is 1. The molecule has 2 N–H and O–H groups in total. The SMILES string of the molecule is CC(=O)C(N)(CC1=CCCCC1)c1ccccc1. The molecule has 2 rings (SSSR count). The Morgan fingerprint density at radius 1 is 1.28 bits per heavy atom. The summed E-state index contributed by atoms with van der Waals surface area (Å²) in [5.74, 6) is 0.0418. The maximum absolute atomic E-state index is 12.0. The predicted octanol–water partition coefficient (Wildman–Crippen LogP) is 3.32. The van der Waals surface area contributed by atoms with Gasteiger partial charge in [0.1, 0.15) is 5.54 Å². The minimum absolute atomic E-state index is 0.0418. The van der Waals surface area contributed by atoms with Crippen LogP contribution >= 0.6 is 0 Å². The molecule has 0 heterocycles. The lowest BCUT2D eigenvalue weighted by Crippen LogP contribution is -2.44. The second-order valence-electron chi connectivity index (χ2n) is 5.18. The Bertz CT molecular complexity index is 449. The van der Waals surface area contributed by atoms with Crippen LogP contribution in [0.25, 0.3) is 0 Å². The molecule has 1 aromatic rings. The number of carbonyl (C=O) groups is 1. The van der Waals surface area contributed by atoms with E-state index < -0.39 is 5.54 Å². The van der Waals surface area contributed by atoms with Crippen molar-refractivity contribution in [1.29, 1.82) is 0 Å². The van der Waals surface area contributed by atoms with Gasteiger partial charge in [-0.25, -0.2) is 0 Å². The lowest BCUT2D eigenvalue weighted by molar-refractivity contribution is -0.122. The normalized spacial score (nSPS) is 18.9. The van der Waals surface area contributed by atoms with Crippen LogP contribution in [0.2, 0.25) is 0 Å². The summed E-state index contributed by atoms with van der Waals surface area (Å²) < 4.78 is 0. The average molecular weight is 243 g/mol. The number of hydrogen-bond donors (Lipinski definition) is 1. The fourth-order valence-corrected chi connectivity index (χ4v) is 2.59. The van der Waals surface area contributed by atoms with Crippen molar-refractivity contribution in [2.24, 2.45) is 5.73 Å². The zero-order chi connectivity index (χ0) is 13.0. The van der Waals surface area contributed by atoms with Crippen molar-refractivity contribution in [3.63, 3.8) is 0 Å². The fraction of sp³-hybridized carbons (Fsp3) is 0.438. The first-order valence-electron chi connectivity index (χ1n) is 6.66. The van der Waals surface area contributed by atoms with E-state index in [-0.39, 0.29) is 5.78 Å². The lowest BCUT2D eigenvalue weighted by atomic mass is 9.79. The first-order chi connectivity index (χ1) is 8.63. The summed E-state index contributed by atoms with van der Waals surface area (Å²) in [6, 6.07) is 9.73. The van der Waals surface area contributed by atoms with Gasteiger partial charge < -0.3 is 5.73 Å². The molecule has 0 bridgehead atoms. The number of hydrogen-bond acceptors (Lipinski definition) is 2. The van der Waals surface area contributed by atoms with Crippen LogP contribution in [-0.2, 0) is 10.3 Å². The van der Waals surface area contributed by atoms with Crippen LogP contribution < -0.4 is 5.73 Å². The van der Waals surface area contributed by atoms with Gasteiger partial charge in [0, 0.05) is 0 Å². The number of rotatable bonds is 4. The van der Waals surface area contributed by atoms with Gasteiger partial charge in [-0.05, 0) is 44.6 Å². The second-order valence-corrected chi connectivity index (χ2v) is 5.18. The molecule has 18 heavy (non-hydrogen) atoms. The van der Waals surface area contributed by atoms with Gasteiger partial charge in [-0.15, -0.1) is 0 Å². The molecule has 2 heteroatoms. The second kappa shape index (κ2) is 5.49. The van der Waals surface area contributed by atoms with E-state index in [0.29, 0.717) is 6.42 Å². The van der Waals surface area contributed by atoms with Crippen molar-refractivity contribution in [1.82, 2.24) is 0 Å². The standard InChI is InChI=1S/C16H21NO/c1-13(18)16(17,15-10-6-3-7-11-15)12-14-8-4-2-5-9-14/h3,6-8,10-11H,2,4-5,9,12,17H2,1H3. The molecule has 0 saturated carbocycles. The number of allylic oxidation sites excluding steroid dienone is 1. The third-order valence-corrected chi connectivity index (χ3v) is 3.81.